The van der Waals surface area contributed by atoms with Crippen LogP contribution in [0.2, 0.25) is 0 Å². The molecule has 2 rings (SSSR count). The van der Waals surface area contributed by atoms with Crippen molar-refractivity contribution in [3.8, 4) is 0 Å². The van der Waals surface area contributed by atoms with E-state index in [2.05, 4.69) is 25.6 Å². The number of sulfonamides is 1. The van der Waals surface area contributed by atoms with Crippen LogP contribution in [0.3, 0.4) is 0 Å². The largest absolute Gasteiger partial charge is 0.324 e. The predicted molar refractivity (Wildman–Crippen MR) is 84.4 cm³/mol. The van der Waals surface area contributed by atoms with Crippen molar-refractivity contribution in [3.05, 3.63) is 22.9 Å². The molecule has 1 saturated carbocycles. The number of nitrogens with zero attached hydrogens (tertiary/aromatic N) is 1. The van der Waals surface area contributed by atoms with Gasteiger partial charge in [-0.05, 0) is 34.8 Å². The molecule has 20 heavy (non-hydrogen) atoms. The molecule has 8 heteroatoms. The van der Waals surface area contributed by atoms with E-state index in [-0.39, 0.29) is 23.8 Å². The second-order valence-corrected chi connectivity index (χ2v) is 7.77. The van der Waals surface area contributed by atoms with E-state index < -0.39 is 15.6 Å². The lowest BCUT2D eigenvalue weighted by Gasteiger charge is -2.33. The van der Waals surface area contributed by atoms with Crippen molar-refractivity contribution < 1.29 is 8.42 Å². The molecular formula is C12H19BrClN3O2S. The Bertz CT molecular complexity index is 547. The summed E-state index contributed by atoms with van der Waals surface area (Å²) in [6.07, 6.45) is 7.93. The highest BCUT2D eigenvalue weighted by Gasteiger charge is 2.29. The van der Waals surface area contributed by atoms with Gasteiger partial charge >= 0.3 is 0 Å². The van der Waals surface area contributed by atoms with E-state index in [0.717, 1.165) is 25.7 Å². The van der Waals surface area contributed by atoms with E-state index in [1.165, 1.54) is 18.7 Å². The monoisotopic (exact) mass is 383 g/mol. The number of hydrogen-bond donors (Lipinski definition) is 2. The van der Waals surface area contributed by atoms with Crippen molar-refractivity contribution in [2.75, 3.05) is 6.54 Å². The average molecular weight is 385 g/mol. The zero-order valence-electron chi connectivity index (χ0n) is 11.0. The molecule has 1 fully saturated rings. The predicted octanol–water partition coefficient (Wildman–Crippen LogP) is 2.21. The first kappa shape index (κ1) is 17.8. The summed E-state index contributed by atoms with van der Waals surface area (Å²) in [4.78, 5) is 4.02. The number of pyridine rings is 1. The molecule has 1 aromatic heterocycles. The van der Waals surface area contributed by atoms with Crippen molar-refractivity contribution in [1.29, 1.82) is 0 Å². The summed E-state index contributed by atoms with van der Waals surface area (Å²) in [5.41, 5.74) is 5.81. The summed E-state index contributed by atoms with van der Waals surface area (Å²) < 4.78 is 27.5. The fourth-order valence-corrected chi connectivity index (χ4v) is 3.94. The van der Waals surface area contributed by atoms with Gasteiger partial charge in [0.25, 0.3) is 0 Å². The second kappa shape index (κ2) is 7.17. The molecule has 3 N–H and O–H groups in total. The van der Waals surface area contributed by atoms with Crippen LogP contribution in [0.25, 0.3) is 0 Å². The summed E-state index contributed by atoms with van der Waals surface area (Å²) in [6.45, 7) is 0.280. The average Bonchev–Trinajstić information content (AvgIpc) is 2.38. The van der Waals surface area contributed by atoms with E-state index >= 15 is 0 Å². The Balaban J connectivity index is 0.00000200. The molecule has 0 amide bonds. The van der Waals surface area contributed by atoms with Gasteiger partial charge in [-0.1, -0.05) is 19.3 Å². The Morgan fingerprint density at radius 3 is 2.55 bits per heavy atom. The van der Waals surface area contributed by atoms with Crippen molar-refractivity contribution in [3.63, 3.8) is 0 Å². The highest BCUT2D eigenvalue weighted by molar-refractivity contribution is 9.10. The van der Waals surface area contributed by atoms with E-state index in [0.29, 0.717) is 4.47 Å². The van der Waals surface area contributed by atoms with Crippen LogP contribution in [0.15, 0.2) is 27.8 Å². The number of hydrogen-bond acceptors (Lipinski definition) is 4. The van der Waals surface area contributed by atoms with Crippen LogP contribution in [0.4, 0.5) is 0 Å². The van der Waals surface area contributed by atoms with Crippen molar-refractivity contribution >= 4 is 38.4 Å². The fourth-order valence-electron chi connectivity index (χ4n) is 2.29. The summed E-state index contributed by atoms with van der Waals surface area (Å²) in [6, 6.07) is 1.53. The first-order valence-electron chi connectivity index (χ1n) is 6.30. The van der Waals surface area contributed by atoms with Gasteiger partial charge in [-0.2, -0.15) is 0 Å². The van der Waals surface area contributed by atoms with Crippen LogP contribution in [0.5, 0.6) is 0 Å². The number of aromatic nitrogens is 1. The zero-order valence-corrected chi connectivity index (χ0v) is 14.2. The van der Waals surface area contributed by atoms with Gasteiger partial charge in [-0.15, -0.1) is 12.4 Å². The lowest BCUT2D eigenvalue weighted by Crippen LogP contribution is -2.51. The summed E-state index contributed by atoms with van der Waals surface area (Å²) in [7, 11) is -3.54. The summed E-state index contributed by atoms with van der Waals surface area (Å²) in [5, 5.41) is 0. The lowest BCUT2D eigenvalue weighted by molar-refractivity contribution is 0.296. The maximum absolute atomic E-state index is 12.1. The standard InChI is InChI=1S/C12H18BrN3O2S.ClH/c13-10-6-11(8-15-7-10)19(17,18)16-9-12(14)4-2-1-3-5-12;/h6-8,16H,1-5,9,14H2;1H. The quantitative estimate of drug-likeness (QED) is 0.833. The maximum Gasteiger partial charge on any atom is 0.242 e. The minimum absolute atomic E-state index is 0. The molecule has 1 aliphatic rings. The molecule has 1 heterocycles. The van der Waals surface area contributed by atoms with Crippen LogP contribution in [0.1, 0.15) is 32.1 Å². The van der Waals surface area contributed by atoms with Gasteiger partial charge in [0.05, 0.1) is 0 Å². The molecule has 0 bridgehead atoms. The molecular weight excluding hydrogens is 366 g/mol. The number of halogens is 2. The molecule has 0 saturated heterocycles. The van der Waals surface area contributed by atoms with E-state index in [9.17, 15) is 8.42 Å². The van der Waals surface area contributed by atoms with Gasteiger partial charge in [-0.3, -0.25) is 4.98 Å². The summed E-state index contributed by atoms with van der Waals surface area (Å²) >= 11 is 3.21. The molecule has 114 valence electrons. The van der Waals surface area contributed by atoms with Gasteiger partial charge in [-0.25, -0.2) is 13.1 Å². The van der Waals surface area contributed by atoms with E-state index in [1.54, 1.807) is 6.20 Å². The Kier molecular flexibility index (Phi) is 6.40. The minimum atomic E-state index is -3.54. The smallest absolute Gasteiger partial charge is 0.242 e. The van der Waals surface area contributed by atoms with Crippen LogP contribution >= 0.6 is 28.3 Å². The molecule has 0 aliphatic heterocycles. The molecule has 0 spiro atoms. The van der Waals surface area contributed by atoms with Gasteiger partial charge in [0, 0.05) is 29.0 Å². The van der Waals surface area contributed by atoms with Crippen LogP contribution < -0.4 is 10.5 Å². The highest BCUT2D eigenvalue weighted by Crippen LogP contribution is 2.25. The third kappa shape index (κ3) is 4.66. The van der Waals surface area contributed by atoms with Crippen molar-refractivity contribution in [2.45, 2.75) is 42.5 Å². The second-order valence-electron chi connectivity index (χ2n) is 5.09. The fraction of sp³-hybridized carbons (Fsp3) is 0.583. The number of nitrogens with two attached hydrogens (primary N) is 1. The number of rotatable bonds is 4. The van der Waals surface area contributed by atoms with Crippen LogP contribution in [-0.4, -0.2) is 25.5 Å². The molecule has 1 aromatic rings. The normalized spacial score (nSPS) is 18.3. The van der Waals surface area contributed by atoms with Crippen LogP contribution in [-0.2, 0) is 10.0 Å². The van der Waals surface area contributed by atoms with Crippen molar-refractivity contribution in [1.82, 2.24) is 9.71 Å². The van der Waals surface area contributed by atoms with Crippen molar-refractivity contribution in [2.24, 2.45) is 5.73 Å². The maximum atomic E-state index is 12.1. The molecule has 0 aromatic carbocycles. The topological polar surface area (TPSA) is 85.1 Å². The number of nitrogens with one attached hydrogen (secondary N) is 1. The van der Waals surface area contributed by atoms with E-state index in [1.807, 2.05) is 0 Å². The summed E-state index contributed by atoms with van der Waals surface area (Å²) in [5.74, 6) is 0. The van der Waals surface area contributed by atoms with Gasteiger partial charge in [0.15, 0.2) is 0 Å². The van der Waals surface area contributed by atoms with Gasteiger partial charge in [0.2, 0.25) is 10.0 Å². The Morgan fingerprint density at radius 1 is 1.30 bits per heavy atom. The Hall–Kier alpha value is -0.210. The van der Waals surface area contributed by atoms with Gasteiger partial charge in [0.1, 0.15) is 4.90 Å². The Morgan fingerprint density at radius 2 is 1.95 bits per heavy atom. The first-order valence-corrected chi connectivity index (χ1v) is 8.58. The molecule has 0 radical (unpaired) electrons. The molecule has 0 unspecified atom stereocenters. The SMILES string of the molecule is Cl.NC1(CNS(=O)(=O)c2cncc(Br)c2)CCCCC1. The molecule has 5 nitrogen and oxygen atoms in total. The van der Waals surface area contributed by atoms with E-state index in [4.69, 9.17) is 5.73 Å². The first-order chi connectivity index (χ1) is 8.91. The highest BCUT2D eigenvalue weighted by atomic mass is 79.9. The van der Waals surface area contributed by atoms with Gasteiger partial charge < -0.3 is 5.73 Å². The Labute approximate surface area is 134 Å². The van der Waals surface area contributed by atoms with Crippen LogP contribution in [0, 0.1) is 0 Å². The third-order valence-corrected chi connectivity index (χ3v) is 5.26. The lowest BCUT2D eigenvalue weighted by atomic mass is 9.83. The zero-order chi connectivity index (χ0) is 13.9. The third-order valence-electron chi connectivity index (χ3n) is 3.45. The minimum Gasteiger partial charge on any atom is -0.324 e. The molecule has 1 aliphatic carbocycles. The molecule has 0 atom stereocenters.